The van der Waals surface area contributed by atoms with Gasteiger partial charge in [0, 0.05) is 36.2 Å². The van der Waals surface area contributed by atoms with Crippen molar-refractivity contribution in [2.75, 3.05) is 11.9 Å². The Labute approximate surface area is 206 Å². The topological polar surface area (TPSA) is 54.5 Å². The lowest BCUT2D eigenvalue weighted by atomic mass is 10.0. The summed E-state index contributed by atoms with van der Waals surface area (Å²) in [6.07, 6.45) is 2.41. The molecule has 1 aromatic heterocycles. The van der Waals surface area contributed by atoms with Crippen LogP contribution in [-0.4, -0.2) is 28.4 Å². The average molecular weight is 464 g/mol. The third kappa shape index (κ3) is 5.19. The zero-order valence-electron chi connectivity index (χ0n) is 19.9. The van der Waals surface area contributed by atoms with Gasteiger partial charge < -0.3 is 15.0 Å². The van der Waals surface area contributed by atoms with Crippen LogP contribution in [0.5, 0.6) is 5.75 Å². The molecule has 0 radical (unpaired) electrons. The number of carbonyl (C=O) groups excluding carboxylic acids is 1. The van der Waals surface area contributed by atoms with Gasteiger partial charge in [0.1, 0.15) is 12.4 Å². The fourth-order valence-electron chi connectivity index (χ4n) is 4.56. The Morgan fingerprint density at radius 3 is 2.51 bits per heavy atom. The van der Waals surface area contributed by atoms with Crippen molar-refractivity contribution in [2.24, 2.45) is 0 Å². The number of nitrogens with one attached hydrogen (secondary N) is 1. The van der Waals surface area contributed by atoms with E-state index in [1.54, 1.807) is 6.20 Å². The second kappa shape index (κ2) is 10.4. The molecule has 1 atom stereocenters. The number of fused-ring (bicyclic) bond motifs is 2. The molecule has 0 spiro atoms. The van der Waals surface area contributed by atoms with Crippen molar-refractivity contribution in [1.82, 2.24) is 9.88 Å². The van der Waals surface area contributed by atoms with E-state index in [1.165, 1.54) is 0 Å². The Hall–Kier alpha value is -4.12. The summed E-state index contributed by atoms with van der Waals surface area (Å²) in [5.74, 6) is 0.796. The molecule has 0 saturated carbocycles. The smallest absolute Gasteiger partial charge is 0.256 e. The van der Waals surface area contributed by atoms with Crippen molar-refractivity contribution in [3.05, 3.63) is 125 Å². The number of amides is 1. The third-order valence-electron chi connectivity index (χ3n) is 6.48. The van der Waals surface area contributed by atoms with Gasteiger partial charge in [-0.05, 0) is 48.7 Å². The molecule has 0 saturated heterocycles. The summed E-state index contributed by atoms with van der Waals surface area (Å²) in [6.45, 7) is 3.38. The Morgan fingerprint density at radius 2 is 1.69 bits per heavy atom. The minimum Gasteiger partial charge on any atom is -0.491 e. The minimum absolute atomic E-state index is 0.0394. The quantitative estimate of drug-likeness (QED) is 0.427. The number of hydrogen-bond donors (Lipinski definition) is 1. The molecule has 176 valence electrons. The second-order valence-corrected chi connectivity index (χ2v) is 8.84. The van der Waals surface area contributed by atoms with Gasteiger partial charge in [0.2, 0.25) is 0 Å². The predicted octanol–water partition coefficient (Wildman–Crippen LogP) is 5.65. The van der Waals surface area contributed by atoms with Crippen molar-refractivity contribution in [1.29, 1.82) is 0 Å². The fraction of sp³-hybridized carbons (Fsp3) is 0.200. The molecular formula is C30H29N3O2. The number of para-hydroxylation sites is 2. The highest BCUT2D eigenvalue weighted by atomic mass is 16.5. The highest BCUT2D eigenvalue weighted by molar-refractivity contribution is 5.95. The van der Waals surface area contributed by atoms with Gasteiger partial charge in [-0.15, -0.1) is 0 Å². The molecule has 1 aliphatic rings. The van der Waals surface area contributed by atoms with Gasteiger partial charge in [-0.3, -0.25) is 9.78 Å². The third-order valence-corrected chi connectivity index (χ3v) is 6.48. The number of pyridine rings is 1. The highest BCUT2D eigenvalue weighted by Crippen LogP contribution is 2.27. The van der Waals surface area contributed by atoms with Crippen LogP contribution >= 0.6 is 0 Å². The second-order valence-electron chi connectivity index (χ2n) is 8.84. The van der Waals surface area contributed by atoms with Crippen molar-refractivity contribution in [3.63, 3.8) is 0 Å². The normalized spacial score (nSPS) is 15.6. The Morgan fingerprint density at radius 1 is 0.943 bits per heavy atom. The van der Waals surface area contributed by atoms with Gasteiger partial charge in [0.05, 0.1) is 11.6 Å². The van der Waals surface area contributed by atoms with Crippen LogP contribution < -0.4 is 10.1 Å². The van der Waals surface area contributed by atoms with Gasteiger partial charge in [0.25, 0.3) is 5.91 Å². The molecule has 5 rings (SSSR count). The molecule has 3 aromatic carbocycles. The van der Waals surface area contributed by atoms with Crippen LogP contribution in [-0.2, 0) is 19.5 Å². The predicted molar refractivity (Wildman–Crippen MR) is 138 cm³/mol. The maximum Gasteiger partial charge on any atom is 0.256 e. The summed E-state index contributed by atoms with van der Waals surface area (Å²) in [5, 5.41) is 3.56. The number of ether oxygens (including phenoxy) is 1. The molecular weight excluding hydrogens is 434 g/mol. The number of nitrogens with zero attached hydrogens (tertiary/aromatic N) is 2. The van der Waals surface area contributed by atoms with Crippen LogP contribution in [0.4, 0.5) is 5.69 Å². The Bertz CT molecular complexity index is 1310. The van der Waals surface area contributed by atoms with Crippen LogP contribution in [0, 0.1) is 6.92 Å². The standard InChI is InChI=1S/C30H29N3O2/c1-22-27(14-9-17-31-22)30(34)33-20-25-13-5-7-15-28(25)32-19-24-12-6-8-16-29(24)35-21-26(33)18-23-10-3-2-4-11-23/h2-17,26,32H,18-21H2,1H3/t26-/m0/s1. The van der Waals surface area contributed by atoms with Gasteiger partial charge >= 0.3 is 0 Å². The molecule has 1 N–H and O–H groups in total. The number of hydrogen-bond acceptors (Lipinski definition) is 4. The monoisotopic (exact) mass is 463 g/mol. The number of rotatable bonds is 3. The van der Waals surface area contributed by atoms with Crippen molar-refractivity contribution < 1.29 is 9.53 Å². The van der Waals surface area contributed by atoms with E-state index in [-0.39, 0.29) is 11.9 Å². The van der Waals surface area contributed by atoms with E-state index in [4.69, 9.17) is 4.74 Å². The summed E-state index contributed by atoms with van der Waals surface area (Å²) in [6, 6.07) is 30.1. The summed E-state index contributed by atoms with van der Waals surface area (Å²) >= 11 is 0. The summed E-state index contributed by atoms with van der Waals surface area (Å²) < 4.78 is 6.40. The van der Waals surface area contributed by atoms with Gasteiger partial charge in [-0.1, -0.05) is 66.7 Å². The lowest BCUT2D eigenvalue weighted by Crippen LogP contribution is -2.45. The molecule has 0 fully saturated rings. The van der Waals surface area contributed by atoms with Crippen LogP contribution in [0.1, 0.15) is 32.7 Å². The van der Waals surface area contributed by atoms with Crippen LogP contribution in [0.2, 0.25) is 0 Å². The van der Waals surface area contributed by atoms with Crippen molar-refractivity contribution in [2.45, 2.75) is 32.5 Å². The van der Waals surface area contributed by atoms with E-state index in [9.17, 15) is 4.79 Å². The van der Waals surface area contributed by atoms with E-state index in [0.29, 0.717) is 31.7 Å². The van der Waals surface area contributed by atoms with E-state index >= 15 is 0 Å². The molecule has 1 amide bonds. The van der Waals surface area contributed by atoms with E-state index in [1.807, 2.05) is 72.5 Å². The Kier molecular flexibility index (Phi) is 6.75. The molecule has 1 aliphatic heterocycles. The van der Waals surface area contributed by atoms with Crippen LogP contribution in [0.15, 0.2) is 97.2 Å². The van der Waals surface area contributed by atoms with Crippen LogP contribution in [0.3, 0.4) is 0 Å². The van der Waals surface area contributed by atoms with Gasteiger partial charge in [-0.2, -0.15) is 0 Å². The summed E-state index contributed by atoms with van der Waals surface area (Å²) in [7, 11) is 0. The highest BCUT2D eigenvalue weighted by Gasteiger charge is 2.28. The molecule has 5 heteroatoms. The van der Waals surface area contributed by atoms with Gasteiger partial charge in [0.15, 0.2) is 0 Å². The largest absolute Gasteiger partial charge is 0.491 e. The maximum atomic E-state index is 14.0. The first-order valence-electron chi connectivity index (χ1n) is 12.0. The fourth-order valence-corrected chi connectivity index (χ4v) is 4.56. The molecule has 0 aliphatic carbocycles. The van der Waals surface area contributed by atoms with E-state index in [2.05, 4.69) is 40.6 Å². The molecule has 5 nitrogen and oxygen atoms in total. The zero-order chi connectivity index (χ0) is 24.0. The molecule has 0 unspecified atom stereocenters. The first-order chi connectivity index (χ1) is 17.2. The van der Waals surface area contributed by atoms with Crippen molar-refractivity contribution >= 4 is 11.6 Å². The number of aryl methyl sites for hydroxylation is 1. The lowest BCUT2D eigenvalue weighted by Gasteiger charge is -2.33. The summed E-state index contributed by atoms with van der Waals surface area (Å²) in [4.78, 5) is 20.4. The first kappa shape index (κ1) is 22.7. The Balaban J connectivity index is 1.60. The lowest BCUT2D eigenvalue weighted by molar-refractivity contribution is 0.0590. The van der Waals surface area contributed by atoms with Crippen molar-refractivity contribution in [3.8, 4) is 5.75 Å². The SMILES string of the molecule is Cc1ncccc1C(=O)N1Cc2ccccc2NCc2ccccc2OC[C@@H]1Cc1ccccc1. The van der Waals surface area contributed by atoms with E-state index in [0.717, 1.165) is 33.8 Å². The molecule has 35 heavy (non-hydrogen) atoms. The van der Waals surface area contributed by atoms with Crippen LogP contribution in [0.25, 0.3) is 0 Å². The number of carbonyl (C=O) groups is 1. The molecule has 4 aromatic rings. The number of benzene rings is 3. The summed E-state index contributed by atoms with van der Waals surface area (Å²) in [5.41, 5.74) is 5.68. The maximum absolute atomic E-state index is 14.0. The zero-order valence-corrected chi connectivity index (χ0v) is 19.9. The minimum atomic E-state index is -0.177. The number of aromatic nitrogens is 1. The molecule has 0 bridgehead atoms. The van der Waals surface area contributed by atoms with E-state index < -0.39 is 0 Å². The first-order valence-corrected chi connectivity index (χ1v) is 12.0. The van der Waals surface area contributed by atoms with Gasteiger partial charge in [-0.25, -0.2) is 0 Å². The molecule has 2 heterocycles. The average Bonchev–Trinajstić information content (AvgIpc) is 2.92. The number of anilines is 1.